The van der Waals surface area contributed by atoms with Gasteiger partial charge >= 0.3 is 0 Å². The summed E-state index contributed by atoms with van der Waals surface area (Å²) in [6.45, 7) is 13.7. The number of nitrogens with one attached hydrogen (secondary N) is 2. The predicted octanol–water partition coefficient (Wildman–Crippen LogP) is 5.99. The lowest BCUT2D eigenvalue weighted by Gasteiger charge is -2.35. The molecule has 2 aromatic carbocycles. The Morgan fingerprint density at radius 3 is 2.31 bits per heavy atom. The molecule has 0 saturated carbocycles. The second-order valence-electron chi connectivity index (χ2n) is 13.1. The number of aromatic nitrogens is 2. The molecular formula is C38H54N6O4. The number of piperidine rings is 1. The van der Waals surface area contributed by atoms with E-state index < -0.39 is 5.60 Å². The molecule has 1 amide bonds. The van der Waals surface area contributed by atoms with Crippen LogP contribution in [0.2, 0.25) is 0 Å². The maximum Gasteiger partial charge on any atom is 0.256 e. The predicted molar refractivity (Wildman–Crippen MR) is 196 cm³/mol. The van der Waals surface area contributed by atoms with Crippen molar-refractivity contribution in [1.29, 1.82) is 0 Å². The Bertz CT molecular complexity index is 1560. The summed E-state index contributed by atoms with van der Waals surface area (Å²) in [5.74, 6) is 0.784. The second kappa shape index (κ2) is 18.5. The molecule has 1 aliphatic heterocycles. The molecule has 3 heterocycles. The van der Waals surface area contributed by atoms with Crippen LogP contribution in [0.5, 0.6) is 0 Å². The van der Waals surface area contributed by atoms with E-state index in [1.807, 2.05) is 79.9 Å². The van der Waals surface area contributed by atoms with Gasteiger partial charge in [0.25, 0.3) is 5.91 Å². The van der Waals surface area contributed by atoms with Gasteiger partial charge in [0.05, 0.1) is 18.3 Å². The third kappa shape index (κ3) is 11.3. The van der Waals surface area contributed by atoms with Crippen LogP contribution in [-0.2, 0) is 16.6 Å². The van der Waals surface area contributed by atoms with Crippen LogP contribution in [0.25, 0.3) is 10.9 Å². The fraction of sp³-hybridized carbons (Fsp3) is 0.447. The molecule has 1 saturated heterocycles. The van der Waals surface area contributed by atoms with E-state index in [1.165, 1.54) is 16.5 Å². The van der Waals surface area contributed by atoms with E-state index in [0.717, 1.165) is 37.3 Å². The highest BCUT2D eigenvalue weighted by Crippen LogP contribution is 2.31. The number of hydrogen-bond acceptors (Lipinski definition) is 8. The van der Waals surface area contributed by atoms with Crippen LogP contribution >= 0.6 is 0 Å². The van der Waals surface area contributed by atoms with Gasteiger partial charge in [0.2, 0.25) is 0 Å². The number of aliphatic hydroxyl groups is 1. The molecule has 3 N–H and O–H groups in total. The van der Waals surface area contributed by atoms with Crippen molar-refractivity contribution >= 4 is 40.8 Å². The van der Waals surface area contributed by atoms with Crippen LogP contribution in [-0.4, -0.2) is 90.8 Å². The molecule has 0 atom stereocenters. The number of likely N-dealkylation sites (tertiary alicyclic amines) is 1. The molecule has 1 fully saturated rings. The first kappa shape index (κ1) is 38.4. The van der Waals surface area contributed by atoms with Crippen LogP contribution in [0, 0.1) is 0 Å². The first-order chi connectivity index (χ1) is 23.0. The Morgan fingerprint density at radius 2 is 1.69 bits per heavy atom. The Morgan fingerprint density at radius 1 is 1.04 bits per heavy atom. The Balaban J connectivity index is 0.00000118. The van der Waals surface area contributed by atoms with Crippen molar-refractivity contribution in [2.75, 3.05) is 57.1 Å². The summed E-state index contributed by atoms with van der Waals surface area (Å²) in [7, 11) is 5.80. The number of aryl methyl sites for hydroxylation is 1. The van der Waals surface area contributed by atoms with Gasteiger partial charge in [-0.05, 0) is 122 Å². The van der Waals surface area contributed by atoms with Crippen molar-refractivity contribution in [3.63, 3.8) is 0 Å². The molecule has 0 bridgehead atoms. The minimum atomic E-state index is -0.673. The lowest BCUT2D eigenvalue weighted by atomic mass is 9.88. The summed E-state index contributed by atoms with van der Waals surface area (Å²) in [5, 5.41) is 17.0. The van der Waals surface area contributed by atoms with Crippen molar-refractivity contribution in [2.24, 2.45) is 7.05 Å². The van der Waals surface area contributed by atoms with E-state index in [4.69, 9.17) is 9.53 Å². The smallest absolute Gasteiger partial charge is 0.256 e. The number of anilines is 3. The van der Waals surface area contributed by atoms with Gasteiger partial charge in [-0.15, -0.1) is 0 Å². The van der Waals surface area contributed by atoms with Gasteiger partial charge in [0.15, 0.2) is 0 Å². The number of β-amino-alcohol motifs (C(OH)–C–C–N with tert-alkyl or cyclic N) is 1. The largest absolute Gasteiger partial charge is 0.389 e. The first-order valence-corrected chi connectivity index (χ1v) is 16.6. The van der Waals surface area contributed by atoms with Gasteiger partial charge in [-0.2, -0.15) is 0 Å². The number of nitrogens with zero attached hydrogens (tertiary/aromatic N) is 4. The van der Waals surface area contributed by atoms with E-state index in [-0.39, 0.29) is 12.0 Å². The zero-order valence-electron chi connectivity index (χ0n) is 29.7. The number of rotatable bonds is 11. The van der Waals surface area contributed by atoms with E-state index in [9.17, 15) is 9.90 Å². The number of hydrogen-bond donors (Lipinski definition) is 3. The normalized spacial score (nSPS) is 13.8. The molecule has 1 aliphatic rings. The third-order valence-electron chi connectivity index (χ3n) is 8.09. The number of pyridine rings is 1. The quantitative estimate of drug-likeness (QED) is 0.180. The monoisotopic (exact) mass is 658 g/mol. The number of fused-ring (bicyclic) bond motifs is 1. The number of carbonyl (C=O) groups is 2. The highest BCUT2D eigenvalue weighted by Gasteiger charge is 2.25. The van der Waals surface area contributed by atoms with Crippen LogP contribution in [0.15, 0.2) is 73.1 Å². The second-order valence-corrected chi connectivity index (χ2v) is 13.1. The fourth-order valence-corrected chi connectivity index (χ4v) is 5.95. The van der Waals surface area contributed by atoms with Crippen LogP contribution in [0.3, 0.4) is 0 Å². The summed E-state index contributed by atoms with van der Waals surface area (Å²) in [5.41, 5.74) is 4.34. The standard InChI is InChI=1S/C35H45N5O3.C2H7N.CH2O/c1-25(2)43-21-20-40(30-10-11-32-29(22-30)13-17-38(32)5)31-12-16-36-33(23-31)37-34(41)28-8-6-26(7-9-28)27-14-18-39(19-15-27)24-35(3,4)42;1-3-2;1-2/h6-13,16-17,22-23,25,27,42H,14-15,18-21,24H2,1-5H3,(H,36,37,41);3H,1-2H3;1H2. The van der Waals surface area contributed by atoms with Crippen molar-refractivity contribution in [1.82, 2.24) is 19.8 Å². The van der Waals surface area contributed by atoms with Crippen molar-refractivity contribution in [3.8, 4) is 0 Å². The van der Waals surface area contributed by atoms with Gasteiger partial charge in [0, 0.05) is 66.4 Å². The maximum absolute atomic E-state index is 13.2. The zero-order valence-corrected chi connectivity index (χ0v) is 29.7. The van der Waals surface area contributed by atoms with Crippen molar-refractivity contribution < 1.29 is 19.4 Å². The zero-order chi connectivity index (χ0) is 35.3. The van der Waals surface area contributed by atoms with Gasteiger partial charge in [0.1, 0.15) is 12.6 Å². The van der Waals surface area contributed by atoms with Crippen molar-refractivity contribution in [3.05, 3.63) is 84.2 Å². The lowest BCUT2D eigenvalue weighted by Crippen LogP contribution is -2.42. The van der Waals surface area contributed by atoms with Crippen LogP contribution in [0.4, 0.5) is 17.2 Å². The minimum absolute atomic E-state index is 0.142. The summed E-state index contributed by atoms with van der Waals surface area (Å²) in [4.78, 5) is 30.2. The highest BCUT2D eigenvalue weighted by molar-refractivity contribution is 6.04. The van der Waals surface area contributed by atoms with Crippen LogP contribution in [0.1, 0.15) is 62.4 Å². The molecule has 0 unspecified atom stereocenters. The Labute approximate surface area is 286 Å². The minimum Gasteiger partial charge on any atom is -0.389 e. The molecule has 0 radical (unpaired) electrons. The molecule has 4 aromatic rings. The van der Waals surface area contributed by atoms with Crippen molar-refractivity contribution in [2.45, 2.75) is 58.2 Å². The summed E-state index contributed by atoms with van der Waals surface area (Å²) in [6, 6.07) is 20.4. The summed E-state index contributed by atoms with van der Waals surface area (Å²) in [6.07, 6.45) is 6.04. The molecular weight excluding hydrogens is 604 g/mol. The molecule has 260 valence electrons. The van der Waals surface area contributed by atoms with Gasteiger partial charge in [-0.1, -0.05) is 12.1 Å². The fourth-order valence-electron chi connectivity index (χ4n) is 5.95. The number of benzene rings is 2. The average molecular weight is 659 g/mol. The topological polar surface area (TPSA) is 112 Å². The summed E-state index contributed by atoms with van der Waals surface area (Å²) < 4.78 is 8.01. The molecule has 2 aromatic heterocycles. The van der Waals surface area contributed by atoms with Gasteiger partial charge in [-0.25, -0.2) is 4.98 Å². The number of amides is 1. The number of carbonyl (C=O) groups excluding carboxylic acids is 2. The molecule has 5 rings (SSSR count). The van der Waals surface area contributed by atoms with E-state index in [2.05, 4.69) is 72.6 Å². The molecule has 48 heavy (non-hydrogen) atoms. The van der Waals surface area contributed by atoms with Gasteiger partial charge in [-0.3, -0.25) is 4.79 Å². The maximum atomic E-state index is 13.2. The van der Waals surface area contributed by atoms with E-state index >= 15 is 0 Å². The Kier molecular flexibility index (Phi) is 14.7. The van der Waals surface area contributed by atoms with Crippen LogP contribution < -0.4 is 15.5 Å². The SMILES string of the molecule is C=O.CC(C)OCCN(c1ccnc(NC(=O)c2ccc(C3CCN(CC(C)(C)O)CC3)cc2)c1)c1ccc2c(ccn2C)c1.CNC. The van der Waals surface area contributed by atoms with Gasteiger partial charge < -0.3 is 39.6 Å². The van der Waals surface area contributed by atoms with E-state index in [0.29, 0.717) is 37.0 Å². The molecule has 10 nitrogen and oxygen atoms in total. The molecule has 0 spiro atoms. The first-order valence-electron chi connectivity index (χ1n) is 16.6. The summed E-state index contributed by atoms with van der Waals surface area (Å²) >= 11 is 0. The Hall–Kier alpha value is -4.09. The molecule has 0 aliphatic carbocycles. The number of ether oxygens (including phenoxy) is 1. The third-order valence-corrected chi connectivity index (χ3v) is 8.09. The molecule has 10 heteroatoms. The van der Waals surface area contributed by atoms with E-state index in [1.54, 1.807) is 6.20 Å². The lowest BCUT2D eigenvalue weighted by molar-refractivity contribution is -0.0980. The average Bonchev–Trinajstić information content (AvgIpc) is 3.43. The highest BCUT2D eigenvalue weighted by atomic mass is 16.5.